The second-order valence-electron chi connectivity index (χ2n) is 5.67. The SMILES string of the molecule is C[C@H](NC(=O)Cc1ccc(N)cc1)C1CCCCC1. The van der Waals surface area contributed by atoms with Crippen molar-refractivity contribution >= 4 is 11.6 Å². The number of hydrogen-bond donors (Lipinski definition) is 2. The molecule has 1 amide bonds. The van der Waals surface area contributed by atoms with Crippen LogP contribution in [0.25, 0.3) is 0 Å². The zero-order valence-corrected chi connectivity index (χ0v) is 11.7. The van der Waals surface area contributed by atoms with Crippen LogP contribution in [0, 0.1) is 5.92 Å². The summed E-state index contributed by atoms with van der Waals surface area (Å²) < 4.78 is 0. The summed E-state index contributed by atoms with van der Waals surface area (Å²) in [6.45, 7) is 2.14. The van der Waals surface area contributed by atoms with Crippen molar-refractivity contribution in [3.8, 4) is 0 Å². The third-order valence-corrected chi connectivity index (χ3v) is 4.09. The van der Waals surface area contributed by atoms with Crippen LogP contribution in [0.1, 0.15) is 44.6 Å². The van der Waals surface area contributed by atoms with Crippen molar-refractivity contribution in [2.45, 2.75) is 51.5 Å². The maximum absolute atomic E-state index is 12.0. The lowest BCUT2D eigenvalue weighted by Gasteiger charge is -2.28. The Morgan fingerprint density at radius 1 is 1.26 bits per heavy atom. The van der Waals surface area contributed by atoms with Crippen LogP contribution in [-0.4, -0.2) is 11.9 Å². The summed E-state index contributed by atoms with van der Waals surface area (Å²) in [4.78, 5) is 12.0. The number of amides is 1. The molecule has 0 unspecified atom stereocenters. The highest BCUT2D eigenvalue weighted by Crippen LogP contribution is 2.26. The van der Waals surface area contributed by atoms with Crippen LogP contribution in [0.2, 0.25) is 0 Å². The van der Waals surface area contributed by atoms with Crippen LogP contribution in [0.3, 0.4) is 0 Å². The van der Waals surface area contributed by atoms with E-state index in [-0.39, 0.29) is 5.91 Å². The van der Waals surface area contributed by atoms with Gasteiger partial charge < -0.3 is 11.1 Å². The molecule has 3 N–H and O–H groups in total. The number of nitrogen functional groups attached to an aromatic ring is 1. The van der Waals surface area contributed by atoms with Crippen molar-refractivity contribution in [2.24, 2.45) is 5.92 Å². The van der Waals surface area contributed by atoms with E-state index in [4.69, 9.17) is 5.73 Å². The number of carbonyl (C=O) groups is 1. The van der Waals surface area contributed by atoms with E-state index in [2.05, 4.69) is 12.2 Å². The van der Waals surface area contributed by atoms with Gasteiger partial charge in [-0.1, -0.05) is 31.4 Å². The van der Waals surface area contributed by atoms with Crippen LogP contribution in [0.5, 0.6) is 0 Å². The fourth-order valence-electron chi connectivity index (χ4n) is 2.88. The highest BCUT2D eigenvalue weighted by Gasteiger charge is 2.21. The lowest BCUT2D eigenvalue weighted by atomic mass is 9.84. The van der Waals surface area contributed by atoms with Gasteiger partial charge >= 0.3 is 0 Å². The number of benzene rings is 1. The zero-order chi connectivity index (χ0) is 13.7. The normalized spacial score (nSPS) is 17.9. The smallest absolute Gasteiger partial charge is 0.224 e. The van der Waals surface area contributed by atoms with Gasteiger partial charge in [0.2, 0.25) is 5.91 Å². The molecule has 1 aromatic rings. The second-order valence-corrected chi connectivity index (χ2v) is 5.67. The largest absolute Gasteiger partial charge is 0.399 e. The Morgan fingerprint density at radius 3 is 2.53 bits per heavy atom. The van der Waals surface area contributed by atoms with E-state index in [0.29, 0.717) is 18.4 Å². The van der Waals surface area contributed by atoms with Gasteiger partial charge in [0.15, 0.2) is 0 Å². The van der Waals surface area contributed by atoms with E-state index in [1.165, 1.54) is 32.1 Å². The fraction of sp³-hybridized carbons (Fsp3) is 0.562. The first-order valence-corrected chi connectivity index (χ1v) is 7.29. The molecule has 1 atom stereocenters. The van der Waals surface area contributed by atoms with Crippen molar-refractivity contribution < 1.29 is 4.79 Å². The van der Waals surface area contributed by atoms with Crippen LogP contribution in [-0.2, 0) is 11.2 Å². The topological polar surface area (TPSA) is 55.1 Å². The second kappa shape index (κ2) is 6.60. The Kier molecular flexibility index (Phi) is 4.83. The van der Waals surface area contributed by atoms with Gasteiger partial charge in [-0.2, -0.15) is 0 Å². The van der Waals surface area contributed by atoms with Crippen LogP contribution >= 0.6 is 0 Å². The van der Waals surface area contributed by atoms with E-state index in [9.17, 15) is 4.79 Å². The molecule has 0 saturated heterocycles. The first-order valence-electron chi connectivity index (χ1n) is 7.29. The summed E-state index contributed by atoms with van der Waals surface area (Å²) in [5.41, 5.74) is 7.39. The minimum absolute atomic E-state index is 0.114. The molecule has 3 heteroatoms. The molecule has 1 fully saturated rings. The van der Waals surface area contributed by atoms with Crippen molar-refractivity contribution in [3.05, 3.63) is 29.8 Å². The Hall–Kier alpha value is -1.51. The molecule has 1 aliphatic carbocycles. The molecule has 104 valence electrons. The minimum atomic E-state index is 0.114. The highest BCUT2D eigenvalue weighted by atomic mass is 16.1. The standard InChI is InChI=1S/C16H24N2O/c1-12(14-5-3-2-4-6-14)18-16(19)11-13-7-9-15(17)10-8-13/h7-10,12,14H,2-6,11,17H2,1H3,(H,18,19)/t12-/m0/s1. The third kappa shape index (κ3) is 4.27. The number of rotatable bonds is 4. The molecule has 0 radical (unpaired) electrons. The first kappa shape index (κ1) is 13.9. The van der Waals surface area contributed by atoms with E-state index >= 15 is 0 Å². The summed E-state index contributed by atoms with van der Waals surface area (Å²) >= 11 is 0. The Bertz CT molecular complexity index is 407. The van der Waals surface area contributed by atoms with Gasteiger partial charge in [-0.25, -0.2) is 0 Å². The Balaban J connectivity index is 1.81. The number of hydrogen-bond acceptors (Lipinski definition) is 2. The predicted octanol–water partition coefficient (Wildman–Crippen LogP) is 2.90. The van der Waals surface area contributed by atoms with Crippen LogP contribution in [0.4, 0.5) is 5.69 Å². The average molecular weight is 260 g/mol. The quantitative estimate of drug-likeness (QED) is 0.818. The van der Waals surface area contributed by atoms with Gasteiger partial charge in [-0.15, -0.1) is 0 Å². The Labute approximate surface area is 115 Å². The van der Waals surface area contributed by atoms with E-state index < -0.39 is 0 Å². The molecule has 1 aromatic carbocycles. The van der Waals surface area contributed by atoms with Gasteiger partial charge in [0.25, 0.3) is 0 Å². The monoisotopic (exact) mass is 260 g/mol. The van der Waals surface area contributed by atoms with Gasteiger partial charge in [-0.05, 0) is 43.4 Å². The average Bonchev–Trinajstić information content (AvgIpc) is 2.42. The summed E-state index contributed by atoms with van der Waals surface area (Å²) in [6.07, 6.45) is 6.91. The maximum Gasteiger partial charge on any atom is 0.224 e. The fourth-order valence-corrected chi connectivity index (χ4v) is 2.88. The van der Waals surface area contributed by atoms with Crippen molar-refractivity contribution in [1.29, 1.82) is 0 Å². The van der Waals surface area contributed by atoms with Crippen LogP contribution in [0.15, 0.2) is 24.3 Å². The molecular weight excluding hydrogens is 236 g/mol. The number of nitrogens with two attached hydrogens (primary N) is 1. The predicted molar refractivity (Wildman–Crippen MR) is 78.7 cm³/mol. The minimum Gasteiger partial charge on any atom is -0.399 e. The number of nitrogens with one attached hydrogen (secondary N) is 1. The summed E-state index contributed by atoms with van der Waals surface area (Å²) in [6, 6.07) is 7.81. The van der Waals surface area contributed by atoms with Gasteiger partial charge in [-0.3, -0.25) is 4.79 Å². The molecule has 1 saturated carbocycles. The number of anilines is 1. The summed E-state index contributed by atoms with van der Waals surface area (Å²) in [5.74, 6) is 0.770. The van der Waals surface area contributed by atoms with Gasteiger partial charge in [0.05, 0.1) is 6.42 Å². The van der Waals surface area contributed by atoms with Gasteiger partial charge in [0, 0.05) is 11.7 Å². The maximum atomic E-state index is 12.0. The zero-order valence-electron chi connectivity index (χ0n) is 11.7. The molecule has 3 nitrogen and oxygen atoms in total. The molecule has 19 heavy (non-hydrogen) atoms. The van der Waals surface area contributed by atoms with E-state index in [1.54, 1.807) is 0 Å². The molecule has 1 aliphatic rings. The Morgan fingerprint density at radius 2 is 1.89 bits per heavy atom. The molecule has 0 spiro atoms. The molecule has 0 aliphatic heterocycles. The van der Waals surface area contributed by atoms with E-state index in [0.717, 1.165) is 11.3 Å². The molecule has 0 heterocycles. The van der Waals surface area contributed by atoms with E-state index in [1.807, 2.05) is 24.3 Å². The van der Waals surface area contributed by atoms with Crippen LogP contribution < -0.4 is 11.1 Å². The first-order chi connectivity index (χ1) is 9.15. The molecule has 0 aromatic heterocycles. The third-order valence-electron chi connectivity index (χ3n) is 4.09. The molecular formula is C16H24N2O. The molecule has 0 bridgehead atoms. The summed E-state index contributed by atoms with van der Waals surface area (Å²) in [7, 11) is 0. The molecule has 2 rings (SSSR count). The lowest BCUT2D eigenvalue weighted by Crippen LogP contribution is -2.39. The highest BCUT2D eigenvalue weighted by molar-refractivity contribution is 5.78. The van der Waals surface area contributed by atoms with Crippen molar-refractivity contribution in [2.75, 3.05) is 5.73 Å². The van der Waals surface area contributed by atoms with Crippen molar-refractivity contribution in [1.82, 2.24) is 5.32 Å². The summed E-state index contributed by atoms with van der Waals surface area (Å²) in [5, 5.41) is 3.14. The van der Waals surface area contributed by atoms with Crippen molar-refractivity contribution in [3.63, 3.8) is 0 Å². The van der Waals surface area contributed by atoms with Gasteiger partial charge in [0.1, 0.15) is 0 Å². The lowest BCUT2D eigenvalue weighted by molar-refractivity contribution is -0.121. The number of carbonyl (C=O) groups excluding carboxylic acids is 1.